The van der Waals surface area contributed by atoms with E-state index in [1.54, 1.807) is 7.11 Å². The summed E-state index contributed by atoms with van der Waals surface area (Å²) in [5, 5.41) is 10.5. The molecule has 0 saturated carbocycles. The van der Waals surface area contributed by atoms with Crippen molar-refractivity contribution in [1.29, 1.82) is 0 Å². The Morgan fingerprint density at radius 2 is 1.78 bits per heavy atom. The normalized spacial score (nSPS) is 14.4. The van der Waals surface area contributed by atoms with Crippen molar-refractivity contribution in [1.82, 2.24) is 10.2 Å². The number of hydrogen-bond donors (Lipinski definition) is 3. The van der Waals surface area contributed by atoms with Crippen LogP contribution >= 0.6 is 12.2 Å². The van der Waals surface area contributed by atoms with E-state index in [0.717, 1.165) is 62.2 Å². The number of para-hydroxylation sites is 2. The van der Waals surface area contributed by atoms with Crippen LogP contribution in [0.2, 0.25) is 0 Å². The first-order valence-corrected chi connectivity index (χ1v) is 9.50. The summed E-state index contributed by atoms with van der Waals surface area (Å²) in [7, 11) is 1.67. The molecule has 27 heavy (non-hydrogen) atoms. The van der Waals surface area contributed by atoms with Gasteiger partial charge in [0.15, 0.2) is 5.11 Å². The van der Waals surface area contributed by atoms with Gasteiger partial charge in [0.1, 0.15) is 5.75 Å². The second-order valence-electron chi connectivity index (χ2n) is 6.24. The highest BCUT2D eigenvalue weighted by Crippen LogP contribution is 2.27. The molecule has 1 saturated heterocycles. The fourth-order valence-electron chi connectivity index (χ4n) is 2.87. The summed E-state index contributed by atoms with van der Waals surface area (Å²) in [4.78, 5) is 2.37. The number of methoxy groups -OCH3 is 1. The van der Waals surface area contributed by atoms with Crippen molar-refractivity contribution in [3.05, 3.63) is 48.5 Å². The molecule has 0 radical (unpaired) electrons. The molecule has 0 bridgehead atoms. The van der Waals surface area contributed by atoms with Gasteiger partial charge in [-0.2, -0.15) is 0 Å². The van der Waals surface area contributed by atoms with Gasteiger partial charge in [-0.05, 0) is 48.6 Å². The molecular weight excluding hydrogens is 360 g/mol. The Balaban J connectivity index is 1.45. The van der Waals surface area contributed by atoms with Crippen LogP contribution in [0.1, 0.15) is 0 Å². The van der Waals surface area contributed by atoms with Crippen molar-refractivity contribution < 1.29 is 9.47 Å². The van der Waals surface area contributed by atoms with Gasteiger partial charge in [0, 0.05) is 37.6 Å². The molecule has 0 aromatic heterocycles. The molecule has 2 aromatic rings. The molecular formula is C20H26N4O2S. The third-order valence-electron chi connectivity index (χ3n) is 4.35. The van der Waals surface area contributed by atoms with Crippen LogP contribution in [0.5, 0.6) is 5.75 Å². The molecule has 144 valence electrons. The van der Waals surface area contributed by atoms with E-state index in [4.69, 9.17) is 21.7 Å². The standard InChI is InChI=1S/C20H26N4O2S/c1-25-19-5-3-2-4-18(19)22-16-6-8-17(9-7-16)23-20(27)21-10-11-24-12-14-26-15-13-24/h2-9,22H,10-15H2,1H3,(H2,21,23,27). The van der Waals surface area contributed by atoms with Crippen LogP contribution in [0.15, 0.2) is 48.5 Å². The van der Waals surface area contributed by atoms with E-state index in [-0.39, 0.29) is 0 Å². The second kappa shape index (κ2) is 10.1. The van der Waals surface area contributed by atoms with Crippen molar-refractivity contribution in [3.8, 4) is 5.75 Å². The number of nitrogens with zero attached hydrogens (tertiary/aromatic N) is 1. The fourth-order valence-corrected chi connectivity index (χ4v) is 3.09. The fraction of sp³-hybridized carbons (Fsp3) is 0.350. The quantitative estimate of drug-likeness (QED) is 0.632. The second-order valence-corrected chi connectivity index (χ2v) is 6.65. The highest BCUT2D eigenvalue weighted by molar-refractivity contribution is 7.80. The SMILES string of the molecule is COc1ccccc1Nc1ccc(NC(=S)NCCN2CCOCC2)cc1. The summed E-state index contributed by atoms with van der Waals surface area (Å²) < 4.78 is 10.7. The Morgan fingerprint density at radius 1 is 1.07 bits per heavy atom. The van der Waals surface area contributed by atoms with Crippen LogP contribution in [-0.4, -0.2) is 56.5 Å². The van der Waals surface area contributed by atoms with E-state index in [2.05, 4.69) is 20.9 Å². The van der Waals surface area contributed by atoms with Crippen LogP contribution in [-0.2, 0) is 4.74 Å². The smallest absolute Gasteiger partial charge is 0.170 e. The molecule has 3 N–H and O–H groups in total. The monoisotopic (exact) mass is 386 g/mol. The van der Waals surface area contributed by atoms with Gasteiger partial charge >= 0.3 is 0 Å². The lowest BCUT2D eigenvalue weighted by Gasteiger charge is -2.26. The zero-order valence-electron chi connectivity index (χ0n) is 15.5. The molecule has 7 heteroatoms. The summed E-state index contributed by atoms with van der Waals surface area (Å²) in [6.07, 6.45) is 0. The zero-order valence-corrected chi connectivity index (χ0v) is 16.3. The van der Waals surface area contributed by atoms with E-state index in [1.165, 1.54) is 0 Å². The number of nitrogens with one attached hydrogen (secondary N) is 3. The minimum absolute atomic E-state index is 0.633. The lowest BCUT2D eigenvalue weighted by atomic mass is 10.2. The Morgan fingerprint density at radius 3 is 2.52 bits per heavy atom. The number of morpholine rings is 1. The number of hydrogen-bond acceptors (Lipinski definition) is 5. The topological polar surface area (TPSA) is 57.8 Å². The molecule has 0 spiro atoms. The first-order valence-electron chi connectivity index (χ1n) is 9.09. The van der Waals surface area contributed by atoms with Gasteiger partial charge in [-0.25, -0.2) is 0 Å². The molecule has 1 aliphatic rings. The van der Waals surface area contributed by atoms with Crippen LogP contribution in [0.25, 0.3) is 0 Å². The Hall–Kier alpha value is -2.35. The number of thiocarbonyl (C=S) groups is 1. The maximum Gasteiger partial charge on any atom is 0.170 e. The molecule has 1 heterocycles. The average Bonchev–Trinajstić information content (AvgIpc) is 2.71. The molecule has 0 atom stereocenters. The molecule has 0 aliphatic carbocycles. The molecule has 3 rings (SSSR count). The third-order valence-corrected chi connectivity index (χ3v) is 4.59. The van der Waals surface area contributed by atoms with Crippen LogP contribution in [0, 0.1) is 0 Å². The number of rotatable bonds is 7. The van der Waals surface area contributed by atoms with Crippen molar-refractivity contribution in [2.75, 3.05) is 57.1 Å². The highest BCUT2D eigenvalue weighted by atomic mass is 32.1. The predicted octanol–water partition coefficient (Wildman–Crippen LogP) is 3.06. The van der Waals surface area contributed by atoms with Crippen molar-refractivity contribution in [2.45, 2.75) is 0 Å². The van der Waals surface area contributed by atoms with Crippen molar-refractivity contribution in [2.24, 2.45) is 0 Å². The zero-order chi connectivity index (χ0) is 18.9. The average molecular weight is 387 g/mol. The number of benzene rings is 2. The first-order chi connectivity index (χ1) is 13.2. The van der Waals surface area contributed by atoms with Crippen LogP contribution < -0.4 is 20.7 Å². The van der Waals surface area contributed by atoms with Gasteiger partial charge in [0.05, 0.1) is 26.0 Å². The molecule has 6 nitrogen and oxygen atoms in total. The van der Waals surface area contributed by atoms with Gasteiger partial charge in [0.25, 0.3) is 0 Å². The Kier molecular flexibility index (Phi) is 7.27. The van der Waals surface area contributed by atoms with Crippen molar-refractivity contribution in [3.63, 3.8) is 0 Å². The predicted molar refractivity (Wildman–Crippen MR) is 114 cm³/mol. The molecule has 0 amide bonds. The lowest BCUT2D eigenvalue weighted by molar-refractivity contribution is 0.0389. The lowest BCUT2D eigenvalue weighted by Crippen LogP contribution is -2.42. The third kappa shape index (κ3) is 6.09. The summed E-state index contributed by atoms with van der Waals surface area (Å²) in [6.45, 7) is 5.40. The van der Waals surface area contributed by atoms with Crippen LogP contribution in [0.4, 0.5) is 17.1 Å². The van der Waals surface area contributed by atoms with Gasteiger partial charge in [0.2, 0.25) is 0 Å². The Bertz CT molecular complexity index is 733. The molecule has 2 aromatic carbocycles. The van der Waals surface area contributed by atoms with Gasteiger partial charge in [-0.1, -0.05) is 12.1 Å². The molecule has 1 aliphatic heterocycles. The Labute approximate surface area is 165 Å². The molecule has 0 unspecified atom stereocenters. The van der Waals surface area contributed by atoms with Gasteiger partial charge in [-0.15, -0.1) is 0 Å². The summed E-state index contributed by atoms with van der Waals surface area (Å²) in [5.41, 5.74) is 2.86. The highest BCUT2D eigenvalue weighted by Gasteiger charge is 2.09. The van der Waals surface area contributed by atoms with Crippen molar-refractivity contribution >= 4 is 34.4 Å². The number of anilines is 3. The van der Waals surface area contributed by atoms with E-state index in [1.807, 2.05) is 48.5 Å². The first kappa shape index (κ1) is 19.4. The maximum atomic E-state index is 5.38. The van der Waals surface area contributed by atoms with E-state index in [9.17, 15) is 0 Å². The minimum atomic E-state index is 0.633. The van der Waals surface area contributed by atoms with Crippen LogP contribution in [0.3, 0.4) is 0 Å². The van der Waals surface area contributed by atoms with E-state index in [0.29, 0.717) is 5.11 Å². The summed E-state index contributed by atoms with van der Waals surface area (Å²) >= 11 is 5.38. The minimum Gasteiger partial charge on any atom is -0.495 e. The number of ether oxygens (including phenoxy) is 2. The van der Waals surface area contributed by atoms with E-state index >= 15 is 0 Å². The summed E-state index contributed by atoms with van der Waals surface area (Å²) in [5.74, 6) is 0.811. The summed E-state index contributed by atoms with van der Waals surface area (Å²) in [6, 6.07) is 15.8. The van der Waals surface area contributed by atoms with Gasteiger partial charge in [-0.3, -0.25) is 4.90 Å². The van der Waals surface area contributed by atoms with E-state index < -0.39 is 0 Å². The largest absolute Gasteiger partial charge is 0.495 e. The van der Waals surface area contributed by atoms with Gasteiger partial charge < -0.3 is 25.4 Å². The molecule has 1 fully saturated rings. The maximum absolute atomic E-state index is 5.38.